The average molecular weight is 217 g/mol. The van der Waals surface area contributed by atoms with E-state index in [9.17, 15) is 14.4 Å². The van der Waals surface area contributed by atoms with Gasteiger partial charge in [-0.05, 0) is 0 Å². The summed E-state index contributed by atoms with van der Waals surface area (Å²) in [4.78, 5) is 33.8. The van der Waals surface area contributed by atoms with Gasteiger partial charge in [-0.25, -0.2) is 0 Å². The van der Waals surface area contributed by atoms with Crippen molar-refractivity contribution in [2.45, 2.75) is 19.8 Å². The molecule has 0 N–H and O–H groups in total. The van der Waals surface area contributed by atoms with Crippen LogP contribution in [0.5, 0.6) is 0 Å². The first-order chi connectivity index (χ1) is 6.47. The Labute approximate surface area is 86.2 Å². The minimum atomic E-state index is -0.253. The van der Waals surface area contributed by atoms with Gasteiger partial charge in [0.15, 0.2) is 0 Å². The van der Waals surface area contributed by atoms with Gasteiger partial charge < -0.3 is 9.69 Å². The Hall–Kier alpha value is -0.760. The molecule has 0 radical (unpaired) electrons. The van der Waals surface area contributed by atoms with Gasteiger partial charge in [0.2, 0.25) is 5.91 Å². The Kier molecular flexibility index (Phi) is 6.30. The molecule has 0 heterocycles. The van der Waals surface area contributed by atoms with E-state index in [0.29, 0.717) is 13.0 Å². The van der Waals surface area contributed by atoms with Crippen molar-refractivity contribution in [2.24, 2.45) is 5.92 Å². The summed E-state index contributed by atoms with van der Waals surface area (Å²) in [6.07, 6.45) is 1.31. The Balaban J connectivity index is 3.87. The quantitative estimate of drug-likeness (QED) is 0.480. The van der Waals surface area contributed by atoms with Gasteiger partial charge in [-0.1, -0.05) is 16.2 Å². The number of amides is 1. The summed E-state index contributed by atoms with van der Waals surface area (Å²) < 4.78 is 0. The van der Waals surface area contributed by atoms with E-state index in [1.165, 1.54) is 4.90 Å². The minimum Gasteiger partial charge on any atom is -0.345 e. The Bertz CT molecular complexity index is 230. The molecular weight excluding hydrogens is 201 g/mol. The van der Waals surface area contributed by atoms with E-state index in [0.717, 1.165) is 6.29 Å². The number of carbonyl (C=O) groups excluding carboxylic acids is 3. The first-order valence-corrected chi connectivity index (χ1v) is 5.02. The number of hydrogen-bond acceptors (Lipinski definition) is 3. The Morgan fingerprint density at radius 2 is 2.07 bits per heavy atom. The molecule has 0 aromatic carbocycles. The number of nitrogens with zero attached hydrogens (tertiary/aromatic N) is 1. The average Bonchev–Trinajstić information content (AvgIpc) is 2.13. The maximum absolute atomic E-state index is 11.4. The zero-order valence-electron chi connectivity index (χ0n) is 8.53. The van der Waals surface area contributed by atoms with E-state index in [1.54, 1.807) is 14.0 Å². The lowest BCUT2D eigenvalue weighted by molar-refractivity contribution is -0.132. The molecular formula is C9H16NO3P. The van der Waals surface area contributed by atoms with Gasteiger partial charge in [-0.3, -0.25) is 9.59 Å². The molecule has 2 unspecified atom stereocenters. The molecule has 0 fully saturated rings. The molecule has 0 saturated heterocycles. The molecule has 80 valence electrons. The normalized spacial score (nSPS) is 11.9. The molecule has 14 heavy (non-hydrogen) atoms. The number of carbonyl (C=O) groups is 3. The SMILES string of the molecule is CC(C=O)CC(=O)N(C)CCC(=O)P. The highest BCUT2D eigenvalue weighted by molar-refractivity contribution is 7.40. The third kappa shape index (κ3) is 5.81. The lowest BCUT2D eigenvalue weighted by Gasteiger charge is -2.16. The summed E-state index contributed by atoms with van der Waals surface area (Å²) in [5, 5.41) is 0. The molecule has 0 aliphatic heterocycles. The van der Waals surface area contributed by atoms with E-state index in [4.69, 9.17) is 0 Å². The fraction of sp³-hybridized carbons (Fsp3) is 0.667. The van der Waals surface area contributed by atoms with E-state index in [1.807, 2.05) is 0 Å². The van der Waals surface area contributed by atoms with Crippen LogP contribution in [-0.4, -0.2) is 36.2 Å². The second-order valence-corrected chi connectivity index (χ2v) is 3.99. The van der Waals surface area contributed by atoms with E-state index in [2.05, 4.69) is 9.24 Å². The van der Waals surface area contributed by atoms with Crippen molar-refractivity contribution >= 4 is 27.0 Å². The number of aldehydes is 1. The molecule has 0 aliphatic rings. The Morgan fingerprint density at radius 1 is 1.50 bits per heavy atom. The predicted molar refractivity (Wildman–Crippen MR) is 56.8 cm³/mol. The second-order valence-electron chi connectivity index (χ2n) is 3.35. The molecule has 0 aromatic rings. The highest BCUT2D eigenvalue weighted by Gasteiger charge is 2.12. The summed E-state index contributed by atoms with van der Waals surface area (Å²) in [6, 6.07) is 0. The topological polar surface area (TPSA) is 54.5 Å². The van der Waals surface area contributed by atoms with Gasteiger partial charge in [-0.2, -0.15) is 0 Å². The van der Waals surface area contributed by atoms with Crippen LogP contribution in [0.3, 0.4) is 0 Å². The van der Waals surface area contributed by atoms with Crippen molar-refractivity contribution in [1.82, 2.24) is 4.90 Å². The fourth-order valence-corrected chi connectivity index (χ4v) is 1.01. The summed E-state index contributed by atoms with van der Waals surface area (Å²) in [5.74, 6) is -0.354. The van der Waals surface area contributed by atoms with E-state index < -0.39 is 0 Å². The monoisotopic (exact) mass is 217 g/mol. The number of hydrogen-bond donors (Lipinski definition) is 0. The third-order valence-corrected chi connectivity index (χ3v) is 2.14. The highest BCUT2D eigenvalue weighted by atomic mass is 31.0. The predicted octanol–water partition coefficient (Wildman–Crippen LogP) is 0.462. The van der Waals surface area contributed by atoms with Crippen LogP contribution in [0.25, 0.3) is 0 Å². The summed E-state index contributed by atoms with van der Waals surface area (Å²) in [6.45, 7) is 2.10. The van der Waals surface area contributed by atoms with Crippen molar-refractivity contribution in [3.05, 3.63) is 0 Å². The second kappa shape index (κ2) is 6.66. The lowest BCUT2D eigenvalue weighted by atomic mass is 10.1. The van der Waals surface area contributed by atoms with Crippen molar-refractivity contribution < 1.29 is 14.4 Å². The molecule has 0 aromatic heterocycles. The maximum Gasteiger partial charge on any atom is 0.223 e. The smallest absolute Gasteiger partial charge is 0.223 e. The first-order valence-electron chi connectivity index (χ1n) is 4.45. The van der Waals surface area contributed by atoms with Gasteiger partial charge in [0.25, 0.3) is 0 Å². The molecule has 0 spiro atoms. The lowest BCUT2D eigenvalue weighted by Crippen LogP contribution is -2.29. The molecule has 0 saturated carbocycles. The van der Waals surface area contributed by atoms with Crippen LogP contribution in [0.15, 0.2) is 0 Å². The molecule has 5 heteroatoms. The van der Waals surface area contributed by atoms with Crippen molar-refractivity contribution in [2.75, 3.05) is 13.6 Å². The number of rotatable bonds is 6. The Morgan fingerprint density at radius 3 is 2.50 bits per heavy atom. The van der Waals surface area contributed by atoms with Crippen molar-refractivity contribution in [1.29, 1.82) is 0 Å². The molecule has 0 bridgehead atoms. The maximum atomic E-state index is 11.4. The van der Waals surface area contributed by atoms with Gasteiger partial charge in [0.1, 0.15) is 11.8 Å². The molecule has 1 amide bonds. The van der Waals surface area contributed by atoms with Crippen molar-refractivity contribution in [3.63, 3.8) is 0 Å². The summed E-state index contributed by atoms with van der Waals surface area (Å²) in [5.41, 5.74) is -0.0203. The third-order valence-electron chi connectivity index (χ3n) is 1.85. The highest BCUT2D eigenvalue weighted by Crippen LogP contribution is 2.03. The summed E-state index contributed by atoms with van der Waals surface area (Å²) >= 11 is 0. The van der Waals surface area contributed by atoms with Gasteiger partial charge in [0.05, 0.1) is 0 Å². The van der Waals surface area contributed by atoms with Crippen LogP contribution in [-0.2, 0) is 14.4 Å². The van der Waals surface area contributed by atoms with Crippen molar-refractivity contribution in [3.8, 4) is 0 Å². The van der Waals surface area contributed by atoms with Gasteiger partial charge in [-0.15, -0.1) is 0 Å². The minimum absolute atomic E-state index is 0.0203. The van der Waals surface area contributed by atoms with E-state index in [-0.39, 0.29) is 23.8 Å². The van der Waals surface area contributed by atoms with Crippen LogP contribution in [0, 0.1) is 5.92 Å². The molecule has 0 rings (SSSR count). The van der Waals surface area contributed by atoms with Crippen LogP contribution < -0.4 is 0 Å². The molecule has 0 aliphatic carbocycles. The van der Waals surface area contributed by atoms with Crippen LogP contribution >= 0.6 is 9.24 Å². The zero-order chi connectivity index (χ0) is 11.1. The van der Waals surface area contributed by atoms with E-state index >= 15 is 0 Å². The molecule has 4 nitrogen and oxygen atoms in total. The fourth-order valence-electron chi connectivity index (χ4n) is 0.882. The van der Waals surface area contributed by atoms with Crippen LogP contribution in [0.1, 0.15) is 19.8 Å². The van der Waals surface area contributed by atoms with Gasteiger partial charge in [0, 0.05) is 32.4 Å². The zero-order valence-corrected chi connectivity index (χ0v) is 9.68. The molecule has 2 atom stereocenters. The summed E-state index contributed by atoms with van der Waals surface area (Å²) in [7, 11) is 3.70. The van der Waals surface area contributed by atoms with Crippen LogP contribution in [0.4, 0.5) is 0 Å². The largest absolute Gasteiger partial charge is 0.345 e. The van der Waals surface area contributed by atoms with Gasteiger partial charge >= 0.3 is 0 Å². The van der Waals surface area contributed by atoms with Crippen LogP contribution in [0.2, 0.25) is 0 Å². The first kappa shape index (κ1) is 13.2. The standard InChI is InChI=1S/C9H16NO3P/c1-7(6-11)5-8(12)10(2)4-3-9(13)14/h6-7H,3-5,14H2,1-2H3.